The van der Waals surface area contributed by atoms with Crippen LogP contribution in [0.1, 0.15) is 36.1 Å². The minimum absolute atomic E-state index is 0.152. The Morgan fingerprint density at radius 1 is 1.33 bits per heavy atom. The number of hydrogen-bond donors (Lipinski definition) is 2. The van der Waals surface area contributed by atoms with Crippen LogP contribution in [0.25, 0.3) is 11.0 Å². The molecule has 2 heterocycles. The van der Waals surface area contributed by atoms with Gasteiger partial charge < -0.3 is 20.4 Å². The Hall–Kier alpha value is -3.44. The molecule has 0 saturated carbocycles. The van der Waals surface area contributed by atoms with Gasteiger partial charge in [-0.3, -0.25) is 4.57 Å². The second kappa shape index (κ2) is 7.76. The van der Waals surface area contributed by atoms with Crippen LogP contribution in [0.15, 0.2) is 41.2 Å². The van der Waals surface area contributed by atoms with Crippen LogP contribution >= 0.6 is 11.6 Å². The quantitative estimate of drug-likeness (QED) is 0.669. The van der Waals surface area contributed by atoms with Crippen molar-refractivity contribution in [1.82, 2.24) is 14.5 Å². The van der Waals surface area contributed by atoms with E-state index in [-0.39, 0.29) is 17.8 Å². The van der Waals surface area contributed by atoms with E-state index < -0.39 is 6.03 Å². The van der Waals surface area contributed by atoms with Crippen molar-refractivity contribution < 1.29 is 9.53 Å². The Morgan fingerprint density at radius 2 is 2.13 bits per heavy atom. The van der Waals surface area contributed by atoms with Crippen LogP contribution in [0.5, 0.6) is 5.75 Å². The average Bonchev–Trinajstić information content (AvgIpc) is 3.07. The summed E-state index contributed by atoms with van der Waals surface area (Å²) in [6, 6.07) is 11.6. The van der Waals surface area contributed by atoms with E-state index in [1.54, 1.807) is 39.8 Å². The van der Waals surface area contributed by atoms with Gasteiger partial charge in [0.25, 0.3) is 0 Å². The summed E-state index contributed by atoms with van der Waals surface area (Å²) in [5.74, 6) is 0.541. The first-order chi connectivity index (χ1) is 14.4. The molecule has 0 radical (unpaired) electrons. The highest BCUT2D eigenvalue weighted by Gasteiger charge is 2.34. The van der Waals surface area contributed by atoms with Crippen molar-refractivity contribution in [3.8, 4) is 11.8 Å². The summed E-state index contributed by atoms with van der Waals surface area (Å²) in [5.41, 5.74) is 8.02. The lowest BCUT2D eigenvalue weighted by atomic mass is 9.91. The number of halogens is 1. The lowest BCUT2D eigenvalue weighted by Gasteiger charge is -2.39. The molecule has 1 aliphatic rings. The molecule has 1 aliphatic heterocycles. The van der Waals surface area contributed by atoms with E-state index in [1.807, 2.05) is 6.07 Å². The molecule has 4 rings (SSSR count). The van der Waals surface area contributed by atoms with Crippen LogP contribution in [-0.4, -0.2) is 34.1 Å². The Labute approximate surface area is 177 Å². The number of H-pyrrole nitrogens is 1. The van der Waals surface area contributed by atoms with Gasteiger partial charge in [-0.25, -0.2) is 9.59 Å². The highest BCUT2D eigenvalue weighted by atomic mass is 35.5. The van der Waals surface area contributed by atoms with Crippen molar-refractivity contribution in [1.29, 1.82) is 5.26 Å². The zero-order chi connectivity index (χ0) is 21.4. The van der Waals surface area contributed by atoms with Crippen LogP contribution in [0.4, 0.5) is 4.79 Å². The molecule has 3 aromatic rings. The number of nitrogens with two attached hydrogens (primary N) is 1. The number of piperidine rings is 1. The third-order valence-corrected chi connectivity index (χ3v) is 5.92. The number of amides is 2. The van der Waals surface area contributed by atoms with E-state index in [9.17, 15) is 9.59 Å². The second-order valence-corrected chi connectivity index (χ2v) is 7.67. The van der Waals surface area contributed by atoms with Crippen molar-refractivity contribution in [2.75, 3.05) is 13.7 Å². The zero-order valence-corrected chi connectivity index (χ0v) is 17.0. The summed E-state index contributed by atoms with van der Waals surface area (Å²) < 4.78 is 6.92. The molecule has 0 bridgehead atoms. The van der Waals surface area contributed by atoms with Gasteiger partial charge in [0.05, 0.1) is 40.8 Å². The summed E-state index contributed by atoms with van der Waals surface area (Å²) in [5, 5.41) is 9.55. The van der Waals surface area contributed by atoms with Crippen LogP contribution < -0.4 is 16.2 Å². The third-order valence-electron chi connectivity index (χ3n) is 5.63. The largest absolute Gasteiger partial charge is 0.495 e. The van der Waals surface area contributed by atoms with Crippen LogP contribution in [0.3, 0.4) is 0 Å². The number of aromatic nitrogens is 2. The number of benzene rings is 2. The van der Waals surface area contributed by atoms with Gasteiger partial charge in [-0.05, 0) is 48.7 Å². The number of aromatic amines is 1. The van der Waals surface area contributed by atoms with Gasteiger partial charge in [0.1, 0.15) is 5.75 Å². The maximum Gasteiger partial charge on any atom is 0.326 e. The van der Waals surface area contributed by atoms with Crippen molar-refractivity contribution >= 4 is 28.7 Å². The van der Waals surface area contributed by atoms with E-state index in [0.717, 1.165) is 11.1 Å². The molecule has 30 heavy (non-hydrogen) atoms. The smallest absolute Gasteiger partial charge is 0.326 e. The number of fused-ring (bicyclic) bond motifs is 1. The molecule has 2 amide bonds. The molecule has 3 N–H and O–H groups in total. The topological polar surface area (TPSA) is 117 Å². The van der Waals surface area contributed by atoms with Gasteiger partial charge in [0.15, 0.2) is 0 Å². The van der Waals surface area contributed by atoms with Gasteiger partial charge in [-0.2, -0.15) is 5.26 Å². The number of imidazole rings is 1. The molecule has 2 aromatic carbocycles. The predicted octanol–water partition coefficient (Wildman–Crippen LogP) is 3.32. The maximum absolute atomic E-state index is 12.7. The Bertz CT molecular complexity index is 1230. The summed E-state index contributed by atoms with van der Waals surface area (Å²) in [6.07, 6.45) is 1.08. The number of hydrogen-bond acceptors (Lipinski definition) is 4. The summed E-state index contributed by atoms with van der Waals surface area (Å²) in [6.45, 7) is 0.406. The van der Waals surface area contributed by atoms with Crippen molar-refractivity contribution in [2.45, 2.75) is 24.9 Å². The number of carbonyl (C=O) groups is 1. The first-order valence-corrected chi connectivity index (χ1v) is 9.84. The number of primary amides is 1. The van der Waals surface area contributed by atoms with Gasteiger partial charge in [0.2, 0.25) is 0 Å². The minimum Gasteiger partial charge on any atom is -0.495 e. The molecule has 154 valence electrons. The van der Waals surface area contributed by atoms with Gasteiger partial charge in [0, 0.05) is 12.6 Å². The maximum atomic E-state index is 12.7. The number of ether oxygens (including phenoxy) is 1. The Morgan fingerprint density at radius 3 is 2.80 bits per heavy atom. The minimum atomic E-state index is -0.518. The number of methoxy groups -OCH3 is 1. The molecule has 2 unspecified atom stereocenters. The number of rotatable bonds is 3. The summed E-state index contributed by atoms with van der Waals surface area (Å²) in [4.78, 5) is 29.2. The Kier molecular flexibility index (Phi) is 5.14. The lowest BCUT2D eigenvalue weighted by Crippen LogP contribution is -2.45. The van der Waals surface area contributed by atoms with Crippen molar-refractivity contribution in [2.24, 2.45) is 5.73 Å². The molecule has 0 aliphatic carbocycles. The SMILES string of the molecule is COc1ccc(C2CC(n3c(=O)[nH]c4cc(C#N)ccc43)CCN2C(N)=O)cc1Cl. The molecule has 9 heteroatoms. The van der Waals surface area contributed by atoms with Gasteiger partial charge in [-0.1, -0.05) is 17.7 Å². The highest BCUT2D eigenvalue weighted by molar-refractivity contribution is 6.32. The molecular formula is C21H20ClN5O3. The fraction of sp³-hybridized carbons (Fsp3) is 0.286. The lowest BCUT2D eigenvalue weighted by molar-refractivity contribution is 0.136. The van der Waals surface area contributed by atoms with E-state index in [0.29, 0.717) is 41.2 Å². The normalized spacial score (nSPS) is 18.9. The van der Waals surface area contributed by atoms with E-state index in [1.165, 1.54) is 7.11 Å². The fourth-order valence-electron chi connectivity index (χ4n) is 4.21. The molecule has 2 atom stereocenters. The number of nitrogens with one attached hydrogen (secondary N) is 1. The van der Waals surface area contributed by atoms with Gasteiger partial charge in [-0.15, -0.1) is 0 Å². The monoisotopic (exact) mass is 425 g/mol. The standard InChI is InChI=1S/C21H20ClN5O3/c1-30-19-5-3-13(9-15(19)22)18-10-14(6-7-26(18)20(24)28)27-17-4-2-12(11-23)8-16(17)25-21(27)29/h2-5,8-9,14,18H,6-7,10H2,1H3,(H2,24,28)(H,25,29). The van der Waals surface area contributed by atoms with Crippen LogP contribution in [0.2, 0.25) is 5.02 Å². The third kappa shape index (κ3) is 3.37. The zero-order valence-electron chi connectivity index (χ0n) is 16.3. The first kappa shape index (κ1) is 19.9. The second-order valence-electron chi connectivity index (χ2n) is 7.26. The number of nitrogens with zero attached hydrogens (tertiary/aromatic N) is 3. The number of carbonyl (C=O) groups excluding carboxylic acids is 1. The van der Waals surface area contributed by atoms with E-state index in [2.05, 4.69) is 11.1 Å². The van der Waals surface area contributed by atoms with Gasteiger partial charge >= 0.3 is 11.7 Å². The van der Waals surface area contributed by atoms with Crippen LogP contribution in [-0.2, 0) is 0 Å². The molecular weight excluding hydrogens is 406 g/mol. The average molecular weight is 426 g/mol. The number of urea groups is 1. The van der Waals surface area contributed by atoms with E-state index in [4.69, 9.17) is 27.3 Å². The molecule has 1 saturated heterocycles. The van der Waals surface area contributed by atoms with E-state index >= 15 is 0 Å². The number of likely N-dealkylation sites (tertiary alicyclic amines) is 1. The summed E-state index contributed by atoms with van der Waals surface area (Å²) >= 11 is 6.30. The predicted molar refractivity (Wildman–Crippen MR) is 113 cm³/mol. The van der Waals surface area contributed by atoms with Crippen LogP contribution in [0, 0.1) is 11.3 Å². The number of nitriles is 1. The summed E-state index contributed by atoms with van der Waals surface area (Å²) in [7, 11) is 1.54. The molecule has 1 fully saturated rings. The highest BCUT2D eigenvalue weighted by Crippen LogP contribution is 2.39. The van der Waals surface area contributed by atoms with Crippen molar-refractivity contribution in [3.05, 3.63) is 63.0 Å². The molecule has 8 nitrogen and oxygen atoms in total. The molecule has 1 aromatic heterocycles. The first-order valence-electron chi connectivity index (χ1n) is 9.46. The van der Waals surface area contributed by atoms with Crippen molar-refractivity contribution in [3.63, 3.8) is 0 Å². The fourth-order valence-corrected chi connectivity index (χ4v) is 4.48. The molecule has 0 spiro atoms. The Balaban J connectivity index is 1.74.